The van der Waals surface area contributed by atoms with E-state index in [1.54, 1.807) is 25.7 Å². The summed E-state index contributed by atoms with van der Waals surface area (Å²) in [5.41, 5.74) is 2.34. The van der Waals surface area contributed by atoms with Gasteiger partial charge in [-0.15, -0.1) is 0 Å². The summed E-state index contributed by atoms with van der Waals surface area (Å²) < 4.78 is 5.54. The Balaban J connectivity index is 2.51. The number of nitrogens with one attached hydrogen (secondary N) is 2. The van der Waals surface area contributed by atoms with Crippen LogP contribution in [0.2, 0.25) is 0 Å². The molecule has 7 nitrogen and oxygen atoms in total. The van der Waals surface area contributed by atoms with Gasteiger partial charge in [-0.1, -0.05) is 90.3 Å². The van der Waals surface area contributed by atoms with Crippen LogP contribution in [0.15, 0.2) is 18.2 Å². The largest absolute Gasteiger partial charge is 0.444 e. The van der Waals surface area contributed by atoms with Crippen LogP contribution < -0.4 is 10.6 Å². The molecule has 0 bridgehead atoms. The lowest BCUT2D eigenvalue weighted by atomic mass is 9.93. The van der Waals surface area contributed by atoms with Gasteiger partial charge < -0.3 is 20.3 Å². The van der Waals surface area contributed by atoms with E-state index in [9.17, 15) is 14.4 Å². The number of ether oxygens (including phenoxy) is 1. The minimum absolute atomic E-state index is 0.122. The molecule has 232 valence electrons. The van der Waals surface area contributed by atoms with Gasteiger partial charge in [0.05, 0.1) is 0 Å². The molecule has 1 aliphatic carbocycles. The third kappa shape index (κ3) is 11.3. The number of nitrogens with zero attached hydrogens (tertiary/aromatic N) is 1. The number of amides is 3. The smallest absolute Gasteiger partial charge is 0.408 e. The third-order valence-electron chi connectivity index (χ3n) is 8.30. The Labute approximate surface area is 249 Å². The van der Waals surface area contributed by atoms with E-state index in [1.165, 1.54) is 6.42 Å². The summed E-state index contributed by atoms with van der Waals surface area (Å²) in [6, 6.07) is 4.59. The quantitative estimate of drug-likeness (QED) is 0.226. The van der Waals surface area contributed by atoms with Crippen LogP contribution in [0.3, 0.4) is 0 Å². The number of hydrogen-bond acceptors (Lipinski definition) is 4. The van der Waals surface area contributed by atoms with Crippen LogP contribution in [0.1, 0.15) is 135 Å². The van der Waals surface area contributed by atoms with Crippen LogP contribution >= 0.6 is 0 Å². The van der Waals surface area contributed by atoms with Gasteiger partial charge in [0.1, 0.15) is 17.7 Å². The molecule has 3 unspecified atom stereocenters. The number of carbonyl (C=O) groups is 3. The van der Waals surface area contributed by atoms with Crippen molar-refractivity contribution in [3.8, 4) is 0 Å². The van der Waals surface area contributed by atoms with E-state index < -0.39 is 23.8 Å². The van der Waals surface area contributed by atoms with Gasteiger partial charge in [-0.2, -0.15) is 0 Å². The number of rotatable bonds is 14. The lowest BCUT2D eigenvalue weighted by Crippen LogP contribution is -2.56. The maximum absolute atomic E-state index is 14.5. The van der Waals surface area contributed by atoms with E-state index in [-0.39, 0.29) is 23.8 Å². The van der Waals surface area contributed by atoms with Gasteiger partial charge in [0, 0.05) is 12.6 Å². The zero-order chi connectivity index (χ0) is 30.6. The predicted molar refractivity (Wildman–Crippen MR) is 167 cm³/mol. The standard InChI is InChI=1S/C34H57N3O4/c1-9-11-12-13-17-22-37(32(39)29(24(3)10-2)36-33(40)41-34(6,7)8)30(27-21-20-25(4)26(5)23-27)31(38)35-28-18-15-14-16-19-28/h20-21,23-24,28-30H,9-19,22H2,1-8H3,(H,35,38)(H,36,40). The maximum Gasteiger partial charge on any atom is 0.408 e. The molecule has 3 atom stereocenters. The molecule has 1 aliphatic rings. The number of alkyl carbamates (subject to hydrolysis) is 1. The summed E-state index contributed by atoms with van der Waals surface area (Å²) in [5, 5.41) is 6.18. The highest BCUT2D eigenvalue weighted by Crippen LogP contribution is 2.28. The molecule has 0 radical (unpaired) electrons. The van der Waals surface area contributed by atoms with Crippen LogP contribution in [0.5, 0.6) is 0 Å². The Morgan fingerprint density at radius 3 is 2.22 bits per heavy atom. The summed E-state index contributed by atoms with van der Waals surface area (Å²) in [6.45, 7) is 16.1. The molecule has 3 amide bonds. The zero-order valence-corrected chi connectivity index (χ0v) is 27.1. The number of carbonyl (C=O) groups excluding carboxylic acids is 3. The van der Waals surface area contributed by atoms with Gasteiger partial charge in [-0.25, -0.2) is 4.79 Å². The fourth-order valence-electron chi connectivity index (χ4n) is 5.48. The fourth-order valence-corrected chi connectivity index (χ4v) is 5.48. The van der Waals surface area contributed by atoms with Gasteiger partial charge in [-0.05, 0) is 76.5 Å². The molecule has 0 aromatic heterocycles. The number of hydrogen-bond donors (Lipinski definition) is 2. The van der Waals surface area contributed by atoms with Crippen molar-refractivity contribution in [1.82, 2.24) is 15.5 Å². The van der Waals surface area contributed by atoms with E-state index >= 15 is 0 Å². The van der Waals surface area contributed by atoms with Gasteiger partial charge in [0.2, 0.25) is 11.8 Å². The van der Waals surface area contributed by atoms with E-state index in [0.29, 0.717) is 13.0 Å². The highest BCUT2D eigenvalue weighted by molar-refractivity contribution is 5.92. The SMILES string of the molecule is CCCCCCCN(C(=O)C(NC(=O)OC(C)(C)C)C(C)CC)C(C(=O)NC1CCCCC1)c1ccc(C)c(C)c1. The van der Waals surface area contributed by atoms with Gasteiger partial charge in [0.15, 0.2) is 0 Å². The molecule has 7 heteroatoms. The normalized spacial score (nSPS) is 16.4. The Morgan fingerprint density at radius 2 is 1.63 bits per heavy atom. The Kier molecular flexibility index (Phi) is 14.2. The Hall–Kier alpha value is -2.57. The Morgan fingerprint density at radius 1 is 0.976 bits per heavy atom. The van der Waals surface area contributed by atoms with Crippen molar-refractivity contribution in [1.29, 1.82) is 0 Å². The summed E-state index contributed by atoms with van der Waals surface area (Å²) >= 11 is 0. The van der Waals surface area contributed by atoms with Crippen LogP contribution in [0.4, 0.5) is 4.79 Å². The van der Waals surface area contributed by atoms with Crippen molar-refractivity contribution in [2.45, 2.75) is 150 Å². The summed E-state index contributed by atoms with van der Waals surface area (Å²) in [4.78, 5) is 43.3. The van der Waals surface area contributed by atoms with Crippen molar-refractivity contribution in [3.63, 3.8) is 0 Å². The number of unbranched alkanes of at least 4 members (excludes halogenated alkanes) is 4. The first kappa shape index (κ1) is 34.6. The van der Waals surface area contributed by atoms with Gasteiger partial charge in [0.25, 0.3) is 0 Å². The first-order valence-electron chi connectivity index (χ1n) is 16.0. The van der Waals surface area contributed by atoms with E-state index in [0.717, 1.165) is 74.5 Å². The lowest BCUT2D eigenvalue weighted by molar-refractivity contribution is -0.144. The molecule has 2 rings (SSSR count). The zero-order valence-electron chi connectivity index (χ0n) is 27.1. The lowest BCUT2D eigenvalue weighted by Gasteiger charge is -2.37. The summed E-state index contributed by atoms with van der Waals surface area (Å²) in [6.07, 6.45) is 10.6. The van der Waals surface area contributed by atoms with Crippen molar-refractivity contribution in [3.05, 3.63) is 34.9 Å². The Bertz CT molecular complexity index is 981. The molecular formula is C34H57N3O4. The molecule has 2 N–H and O–H groups in total. The van der Waals surface area contributed by atoms with Crippen LogP contribution in [-0.2, 0) is 14.3 Å². The van der Waals surface area contributed by atoms with Gasteiger partial charge >= 0.3 is 6.09 Å². The average molecular weight is 572 g/mol. The average Bonchev–Trinajstić information content (AvgIpc) is 2.91. The molecule has 0 spiro atoms. The predicted octanol–water partition coefficient (Wildman–Crippen LogP) is 7.53. The van der Waals surface area contributed by atoms with E-state index in [1.807, 2.05) is 39.0 Å². The second-order valence-electron chi connectivity index (χ2n) is 13.0. The monoisotopic (exact) mass is 571 g/mol. The van der Waals surface area contributed by atoms with Crippen LogP contribution in [0, 0.1) is 19.8 Å². The molecule has 1 fully saturated rings. The molecule has 41 heavy (non-hydrogen) atoms. The first-order chi connectivity index (χ1) is 19.4. The fraction of sp³-hybridized carbons (Fsp3) is 0.735. The minimum atomic E-state index is -0.804. The van der Waals surface area contributed by atoms with Crippen LogP contribution in [0.25, 0.3) is 0 Å². The van der Waals surface area contributed by atoms with Crippen LogP contribution in [-0.4, -0.2) is 47.0 Å². The van der Waals surface area contributed by atoms with E-state index in [2.05, 4.69) is 24.5 Å². The number of aryl methyl sites for hydroxylation is 2. The highest BCUT2D eigenvalue weighted by atomic mass is 16.6. The summed E-state index contributed by atoms with van der Waals surface area (Å²) in [5.74, 6) is -0.510. The van der Waals surface area contributed by atoms with Gasteiger partial charge in [-0.3, -0.25) is 9.59 Å². The van der Waals surface area contributed by atoms with Crippen molar-refractivity contribution >= 4 is 17.9 Å². The van der Waals surface area contributed by atoms with Crippen molar-refractivity contribution in [2.24, 2.45) is 5.92 Å². The molecule has 1 aromatic carbocycles. The molecule has 1 saturated carbocycles. The topological polar surface area (TPSA) is 87.7 Å². The second kappa shape index (κ2) is 16.8. The summed E-state index contributed by atoms with van der Waals surface area (Å²) in [7, 11) is 0. The number of benzene rings is 1. The van der Waals surface area contributed by atoms with Crippen molar-refractivity contribution in [2.75, 3.05) is 6.54 Å². The molecular weight excluding hydrogens is 514 g/mol. The second-order valence-corrected chi connectivity index (χ2v) is 13.0. The first-order valence-corrected chi connectivity index (χ1v) is 16.0. The molecule has 0 saturated heterocycles. The molecule has 0 aliphatic heterocycles. The minimum Gasteiger partial charge on any atom is -0.444 e. The van der Waals surface area contributed by atoms with Crippen molar-refractivity contribution < 1.29 is 19.1 Å². The third-order valence-corrected chi connectivity index (χ3v) is 8.30. The molecule has 0 heterocycles. The molecule has 1 aromatic rings. The van der Waals surface area contributed by atoms with E-state index in [4.69, 9.17) is 4.74 Å². The maximum atomic E-state index is 14.5. The highest BCUT2D eigenvalue weighted by Gasteiger charge is 2.38.